The van der Waals surface area contributed by atoms with Gasteiger partial charge < -0.3 is 9.84 Å². The van der Waals surface area contributed by atoms with E-state index in [1.54, 1.807) is 0 Å². The summed E-state index contributed by atoms with van der Waals surface area (Å²) >= 11 is 0. The second-order valence-corrected chi connectivity index (χ2v) is 6.71. The molecule has 1 aliphatic heterocycles. The van der Waals surface area contributed by atoms with E-state index < -0.39 is 0 Å². The van der Waals surface area contributed by atoms with Gasteiger partial charge in [0.25, 0.3) is 0 Å². The van der Waals surface area contributed by atoms with Crippen molar-refractivity contribution in [2.24, 2.45) is 5.92 Å². The summed E-state index contributed by atoms with van der Waals surface area (Å²) < 4.78 is 5.93. The van der Waals surface area contributed by atoms with Crippen molar-refractivity contribution in [2.45, 2.75) is 51.2 Å². The van der Waals surface area contributed by atoms with Crippen LogP contribution < -0.4 is 4.74 Å². The maximum Gasteiger partial charge on any atom is 0.119 e. The fourth-order valence-corrected chi connectivity index (χ4v) is 3.69. The SMILES string of the molecule is CN1Cc2ccc(OCCC3CCCCC3)cc2[C@@H](O)C1. The molecule has 0 radical (unpaired) electrons. The number of rotatable bonds is 4. The van der Waals surface area contributed by atoms with Crippen LogP contribution in [0.5, 0.6) is 5.75 Å². The third-order valence-corrected chi connectivity index (χ3v) is 4.92. The van der Waals surface area contributed by atoms with E-state index in [0.717, 1.165) is 30.4 Å². The molecule has 0 unspecified atom stereocenters. The van der Waals surface area contributed by atoms with Crippen LogP contribution in [0.1, 0.15) is 55.8 Å². The standard InChI is InChI=1S/C18H27NO2/c1-19-12-15-7-8-16(11-17(15)18(20)13-19)21-10-9-14-5-3-2-4-6-14/h7-8,11,14,18,20H,2-6,9-10,12-13H2,1H3/t18-/m0/s1. The number of benzene rings is 1. The molecule has 3 heteroatoms. The van der Waals surface area contributed by atoms with Gasteiger partial charge in [-0.1, -0.05) is 38.2 Å². The van der Waals surface area contributed by atoms with E-state index in [-0.39, 0.29) is 6.10 Å². The second-order valence-electron chi connectivity index (χ2n) is 6.71. The van der Waals surface area contributed by atoms with Gasteiger partial charge in [-0.25, -0.2) is 0 Å². The molecule has 3 nitrogen and oxygen atoms in total. The van der Waals surface area contributed by atoms with Crippen LogP contribution in [0.4, 0.5) is 0 Å². The van der Waals surface area contributed by atoms with Gasteiger partial charge in [0.15, 0.2) is 0 Å². The summed E-state index contributed by atoms with van der Waals surface area (Å²) in [6.45, 7) is 2.42. The Bertz CT molecular complexity index is 468. The molecular weight excluding hydrogens is 262 g/mol. The van der Waals surface area contributed by atoms with Crippen LogP contribution in [0.2, 0.25) is 0 Å². The lowest BCUT2D eigenvalue weighted by molar-refractivity contribution is 0.107. The maximum absolute atomic E-state index is 10.2. The maximum atomic E-state index is 10.2. The minimum atomic E-state index is -0.388. The Morgan fingerprint density at radius 3 is 2.86 bits per heavy atom. The predicted octanol–water partition coefficient (Wildman–Crippen LogP) is 3.51. The van der Waals surface area contributed by atoms with Crippen LogP contribution >= 0.6 is 0 Å². The summed E-state index contributed by atoms with van der Waals surface area (Å²) in [5.41, 5.74) is 2.26. The monoisotopic (exact) mass is 289 g/mol. The van der Waals surface area contributed by atoms with Crippen LogP contribution in [0.25, 0.3) is 0 Å². The van der Waals surface area contributed by atoms with Gasteiger partial charge >= 0.3 is 0 Å². The minimum Gasteiger partial charge on any atom is -0.494 e. The van der Waals surface area contributed by atoms with Crippen molar-refractivity contribution < 1.29 is 9.84 Å². The molecule has 0 aromatic heterocycles. The first-order valence-corrected chi connectivity index (χ1v) is 8.34. The molecule has 1 aliphatic carbocycles. The molecule has 21 heavy (non-hydrogen) atoms. The number of ether oxygens (including phenoxy) is 1. The molecule has 1 atom stereocenters. The van der Waals surface area contributed by atoms with Crippen molar-refractivity contribution in [1.82, 2.24) is 4.90 Å². The number of aliphatic hydroxyl groups is 1. The topological polar surface area (TPSA) is 32.7 Å². The number of hydrogen-bond donors (Lipinski definition) is 1. The summed E-state index contributed by atoms with van der Waals surface area (Å²) in [7, 11) is 2.04. The van der Waals surface area contributed by atoms with Gasteiger partial charge in [-0.15, -0.1) is 0 Å². The summed E-state index contributed by atoms with van der Waals surface area (Å²) in [6.07, 6.45) is 7.72. The number of likely N-dealkylation sites (N-methyl/N-ethyl adjacent to an activating group) is 1. The number of hydrogen-bond acceptors (Lipinski definition) is 3. The van der Waals surface area contributed by atoms with Crippen molar-refractivity contribution in [3.05, 3.63) is 29.3 Å². The Morgan fingerprint density at radius 1 is 1.24 bits per heavy atom. The van der Waals surface area contributed by atoms with E-state index in [1.807, 2.05) is 19.2 Å². The highest BCUT2D eigenvalue weighted by molar-refractivity contribution is 5.38. The highest BCUT2D eigenvalue weighted by Gasteiger charge is 2.21. The molecule has 1 aromatic carbocycles. The van der Waals surface area contributed by atoms with Crippen molar-refractivity contribution in [3.8, 4) is 5.75 Å². The number of aliphatic hydroxyl groups excluding tert-OH is 1. The van der Waals surface area contributed by atoms with Crippen molar-refractivity contribution in [2.75, 3.05) is 20.2 Å². The molecule has 1 heterocycles. The number of β-amino-alcohol motifs (C(OH)–C–C–N with tert-alkyl or cyclic N) is 1. The van der Waals surface area contributed by atoms with Gasteiger partial charge in [-0.3, -0.25) is 4.90 Å². The normalized spacial score (nSPS) is 23.8. The van der Waals surface area contributed by atoms with E-state index in [0.29, 0.717) is 6.54 Å². The molecule has 1 saturated carbocycles. The third-order valence-electron chi connectivity index (χ3n) is 4.92. The molecule has 3 rings (SSSR count). The Kier molecular flexibility index (Phi) is 4.81. The molecular formula is C18H27NO2. The van der Waals surface area contributed by atoms with Crippen LogP contribution in [0.3, 0.4) is 0 Å². The quantitative estimate of drug-likeness (QED) is 0.920. The molecule has 1 aromatic rings. The number of fused-ring (bicyclic) bond motifs is 1. The smallest absolute Gasteiger partial charge is 0.119 e. The highest BCUT2D eigenvalue weighted by atomic mass is 16.5. The van der Waals surface area contributed by atoms with Crippen molar-refractivity contribution in [3.63, 3.8) is 0 Å². The zero-order valence-electron chi connectivity index (χ0n) is 13.1. The highest BCUT2D eigenvalue weighted by Crippen LogP contribution is 2.30. The van der Waals surface area contributed by atoms with E-state index in [4.69, 9.17) is 4.74 Å². The molecule has 2 aliphatic rings. The Hall–Kier alpha value is -1.06. The predicted molar refractivity (Wildman–Crippen MR) is 84.4 cm³/mol. The molecule has 0 saturated heterocycles. The van der Waals surface area contributed by atoms with Gasteiger partial charge in [-0.2, -0.15) is 0 Å². The fourth-order valence-electron chi connectivity index (χ4n) is 3.69. The Balaban J connectivity index is 1.55. The summed E-state index contributed by atoms with van der Waals surface area (Å²) in [4.78, 5) is 2.15. The summed E-state index contributed by atoms with van der Waals surface area (Å²) in [6, 6.07) is 6.18. The first-order chi connectivity index (χ1) is 10.2. The van der Waals surface area contributed by atoms with E-state index >= 15 is 0 Å². The Labute approximate surface area is 127 Å². The van der Waals surface area contributed by atoms with Gasteiger partial charge in [0, 0.05) is 13.1 Å². The molecule has 116 valence electrons. The lowest BCUT2D eigenvalue weighted by Crippen LogP contribution is -2.30. The average Bonchev–Trinajstić information content (AvgIpc) is 2.49. The lowest BCUT2D eigenvalue weighted by atomic mass is 9.87. The zero-order valence-corrected chi connectivity index (χ0v) is 13.1. The summed E-state index contributed by atoms with van der Waals surface area (Å²) in [5.74, 6) is 1.77. The molecule has 0 spiro atoms. The second kappa shape index (κ2) is 6.80. The molecule has 0 bridgehead atoms. The van der Waals surface area contributed by atoms with Crippen LogP contribution in [-0.2, 0) is 6.54 Å². The molecule has 0 amide bonds. The van der Waals surface area contributed by atoms with E-state index in [2.05, 4.69) is 11.0 Å². The first kappa shape index (κ1) is 14.9. The third kappa shape index (κ3) is 3.78. The van der Waals surface area contributed by atoms with Crippen molar-refractivity contribution in [1.29, 1.82) is 0 Å². The van der Waals surface area contributed by atoms with Gasteiger partial charge in [0.05, 0.1) is 12.7 Å². The van der Waals surface area contributed by atoms with E-state index in [9.17, 15) is 5.11 Å². The summed E-state index contributed by atoms with van der Waals surface area (Å²) in [5, 5.41) is 10.2. The lowest BCUT2D eigenvalue weighted by Gasteiger charge is -2.29. The largest absolute Gasteiger partial charge is 0.494 e. The van der Waals surface area contributed by atoms with Crippen LogP contribution in [0, 0.1) is 5.92 Å². The van der Waals surface area contributed by atoms with Gasteiger partial charge in [0.1, 0.15) is 5.75 Å². The number of nitrogens with zero attached hydrogens (tertiary/aromatic N) is 1. The van der Waals surface area contributed by atoms with Crippen LogP contribution in [-0.4, -0.2) is 30.2 Å². The van der Waals surface area contributed by atoms with Crippen LogP contribution in [0.15, 0.2) is 18.2 Å². The zero-order chi connectivity index (χ0) is 14.7. The molecule has 1 fully saturated rings. The first-order valence-electron chi connectivity index (χ1n) is 8.34. The van der Waals surface area contributed by atoms with Gasteiger partial charge in [-0.05, 0) is 42.6 Å². The Morgan fingerprint density at radius 2 is 2.05 bits per heavy atom. The van der Waals surface area contributed by atoms with Gasteiger partial charge in [0.2, 0.25) is 0 Å². The average molecular weight is 289 g/mol. The molecule has 1 N–H and O–H groups in total. The minimum absolute atomic E-state index is 0.388. The van der Waals surface area contributed by atoms with E-state index in [1.165, 1.54) is 44.1 Å². The fraction of sp³-hybridized carbons (Fsp3) is 0.667. The van der Waals surface area contributed by atoms with Crippen molar-refractivity contribution >= 4 is 0 Å².